The largest absolute Gasteiger partial charge is 0.494 e. The fraction of sp³-hybridized carbons (Fsp3) is 0.179. The zero-order chi connectivity index (χ0) is 33.2. The van der Waals surface area contributed by atoms with Crippen molar-refractivity contribution in [1.82, 2.24) is 5.32 Å². The Balaban J connectivity index is 1.42. The van der Waals surface area contributed by atoms with Gasteiger partial charge in [-0.25, -0.2) is 4.99 Å². The van der Waals surface area contributed by atoms with Crippen LogP contribution in [0.3, 0.4) is 0 Å². The van der Waals surface area contributed by atoms with E-state index in [0.29, 0.717) is 35.6 Å². The molecule has 9 nitrogen and oxygen atoms in total. The number of azide groups is 1. The second-order valence-corrected chi connectivity index (χ2v) is 11.4. The summed E-state index contributed by atoms with van der Waals surface area (Å²) in [5.74, 6) is 0.597. The Kier molecular flexibility index (Phi) is 10.1. The first kappa shape index (κ1) is 32.1. The molecule has 0 bridgehead atoms. The van der Waals surface area contributed by atoms with Crippen LogP contribution in [0.2, 0.25) is 0 Å². The van der Waals surface area contributed by atoms with E-state index in [4.69, 9.17) is 19.6 Å². The number of amides is 1. The van der Waals surface area contributed by atoms with Crippen molar-refractivity contribution in [3.8, 4) is 5.75 Å². The van der Waals surface area contributed by atoms with Gasteiger partial charge in [0.2, 0.25) is 5.90 Å². The highest BCUT2D eigenvalue weighted by atomic mass is 16.5. The normalized spacial score (nSPS) is 17.0. The van der Waals surface area contributed by atoms with E-state index in [-0.39, 0.29) is 31.4 Å². The van der Waals surface area contributed by atoms with Gasteiger partial charge in [0, 0.05) is 47.7 Å². The van der Waals surface area contributed by atoms with Gasteiger partial charge in [-0.3, -0.25) is 4.79 Å². The molecule has 1 heterocycles. The Morgan fingerprint density at radius 2 is 1.71 bits per heavy atom. The van der Waals surface area contributed by atoms with Gasteiger partial charge < -0.3 is 19.9 Å². The van der Waals surface area contributed by atoms with Crippen LogP contribution in [0.5, 0.6) is 5.75 Å². The Morgan fingerprint density at radius 1 is 0.958 bits per heavy atom. The first-order valence-corrected chi connectivity index (χ1v) is 15.8. The number of fused-ring (bicyclic) bond motifs is 1. The maximum atomic E-state index is 14.7. The van der Waals surface area contributed by atoms with Crippen LogP contribution in [0.25, 0.3) is 27.3 Å². The maximum absolute atomic E-state index is 14.7. The van der Waals surface area contributed by atoms with Crippen LogP contribution in [-0.4, -0.2) is 35.7 Å². The summed E-state index contributed by atoms with van der Waals surface area (Å²) in [4.78, 5) is 22.8. The molecule has 0 aliphatic carbocycles. The summed E-state index contributed by atoms with van der Waals surface area (Å²) >= 11 is 0. The summed E-state index contributed by atoms with van der Waals surface area (Å²) in [6, 6.07) is 38.3. The first-order chi connectivity index (χ1) is 23.6. The van der Waals surface area contributed by atoms with E-state index >= 15 is 0 Å². The second kappa shape index (κ2) is 15.1. The number of benzene rings is 5. The lowest BCUT2D eigenvalue weighted by Gasteiger charge is -2.30. The quantitative estimate of drug-likeness (QED) is 0.0583. The molecule has 0 fully saturated rings. The van der Waals surface area contributed by atoms with Gasteiger partial charge in [-0.15, -0.1) is 0 Å². The van der Waals surface area contributed by atoms with Crippen LogP contribution in [0, 0.1) is 0 Å². The van der Waals surface area contributed by atoms with Gasteiger partial charge in [-0.1, -0.05) is 114 Å². The Hall–Kier alpha value is -5.89. The van der Waals surface area contributed by atoms with Crippen molar-refractivity contribution in [1.29, 1.82) is 0 Å². The van der Waals surface area contributed by atoms with E-state index in [1.807, 2.05) is 103 Å². The third kappa shape index (κ3) is 7.08. The molecule has 5 aromatic rings. The van der Waals surface area contributed by atoms with E-state index in [0.717, 1.165) is 21.9 Å². The first-order valence-electron chi connectivity index (χ1n) is 15.8. The summed E-state index contributed by atoms with van der Waals surface area (Å²) in [7, 11) is 0. The molecule has 0 aromatic heterocycles. The predicted molar refractivity (Wildman–Crippen MR) is 188 cm³/mol. The van der Waals surface area contributed by atoms with E-state index in [9.17, 15) is 10.3 Å². The van der Waals surface area contributed by atoms with Gasteiger partial charge in [-0.2, -0.15) is 0 Å². The van der Waals surface area contributed by atoms with E-state index in [1.54, 1.807) is 30.3 Å². The fourth-order valence-corrected chi connectivity index (χ4v) is 5.85. The molecule has 5 aromatic carbocycles. The van der Waals surface area contributed by atoms with E-state index in [1.165, 1.54) is 0 Å². The zero-order valence-corrected chi connectivity index (χ0v) is 26.3. The molecule has 1 aliphatic heterocycles. The molecule has 0 spiro atoms. The van der Waals surface area contributed by atoms with Gasteiger partial charge in [0.15, 0.2) is 11.6 Å². The summed E-state index contributed by atoms with van der Waals surface area (Å²) in [6.07, 6.45) is 3.70. The minimum Gasteiger partial charge on any atom is -0.494 e. The Labute approximate surface area is 278 Å². The number of hydrogen-bond acceptors (Lipinski definition) is 6. The number of aliphatic imine (C=N–C) groups is 1. The zero-order valence-electron chi connectivity index (χ0n) is 26.3. The van der Waals surface area contributed by atoms with Crippen molar-refractivity contribution < 1.29 is 19.4 Å². The van der Waals surface area contributed by atoms with Gasteiger partial charge in [0.1, 0.15) is 5.75 Å². The van der Waals surface area contributed by atoms with Crippen molar-refractivity contribution >= 4 is 34.3 Å². The fourth-order valence-electron chi connectivity index (χ4n) is 5.85. The molecule has 0 unspecified atom stereocenters. The van der Waals surface area contributed by atoms with Crippen molar-refractivity contribution in [3.63, 3.8) is 0 Å². The standard InChI is InChI=1S/C39H35N5O4/c40-44-43-35-19-7-6-18-34(35)36-39(24-9-13-28-11-2-1-3-12-28,38(46)41-27-31-16-8-15-29-14-4-5-17-33(29)31)42-37(48-36)30-20-22-32(23-21-30)47-26-10-25-45/h1-9,11-23,36,45H,10,24-27H2,(H,41,46)/b13-9+/t36-,39-/m1/s1. The van der Waals surface area contributed by atoms with Crippen LogP contribution in [0.15, 0.2) is 138 Å². The molecule has 9 heteroatoms. The lowest BCUT2D eigenvalue weighted by Crippen LogP contribution is -2.47. The van der Waals surface area contributed by atoms with Crippen LogP contribution >= 0.6 is 0 Å². The van der Waals surface area contributed by atoms with E-state index < -0.39 is 11.6 Å². The summed E-state index contributed by atoms with van der Waals surface area (Å²) in [5.41, 5.74) is 11.5. The highest BCUT2D eigenvalue weighted by Crippen LogP contribution is 2.46. The number of carbonyl (C=O) groups excluding carboxylic acids is 1. The number of rotatable bonds is 13. The van der Waals surface area contributed by atoms with Crippen molar-refractivity contribution in [2.75, 3.05) is 13.2 Å². The SMILES string of the molecule is [N-]=[N+]=Nc1ccccc1[C@H]1OC(c2ccc(OCCCO)cc2)=N[C@@]1(C/C=C/c1ccccc1)C(=O)NCc1cccc2ccccc12. The van der Waals surface area contributed by atoms with Gasteiger partial charge in [0.25, 0.3) is 5.91 Å². The minimum atomic E-state index is -1.46. The third-order valence-electron chi connectivity index (χ3n) is 8.26. The summed E-state index contributed by atoms with van der Waals surface area (Å²) < 4.78 is 12.3. The Morgan fingerprint density at radius 3 is 2.52 bits per heavy atom. The highest BCUT2D eigenvalue weighted by molar-refractivity contribution is 6.01. The summed E-state index contributed by atoms with van der Waals surface area (Å²) in [5, 5.41) is 18.4. The molecule has 48 heavy (non-hydrogen) atoms. The van der Waals surface area contributed by atoms with Gasteiger partial charge in [-0.05, 0) is 51.7 Å². The van der Waals surface area contributed by atoms with Crippen molar-refractivity contribution in [2.45, 2.75) is 31.0 Å². The number of aliphatic hydroxyl groups is 1. The third-order valence-corrected chi connectivity index (χ3v) is 8.26. The van der Waals surface area contributed by atoms with Crippen molar-refractivity contribution in [2.24, 2.45) is 10.1 Å². The molecule has 1 aliphatic rings. The highest BCUT2D eigenvalue weighted by Gasteiger charge is 2.53. The number of aliphatic hydroxyl groups excluding tert-OH is 1. The molecule has 0 radical (unpaired) electrons. The van der Waals surface area contributed by atoms with Crippen molar-refractivity contribution in [3.05, 3.63) is 160 Å². The average molecular weight is 638 g/mol. The van der Waals surface area contributed by atoms with Crippen LogP contribution in [-0.2, 0) is 16.1 Å². The molecule has 6 rings (SSSR count). The topological polar surface area (TPSA) is 129 Å². The molecular formula is C39H35N5O4. The summed E-state index contributed by atoms with van der Waals surface area (Å²) in [6.45, 7) is 0.712. The van der Waals surface area contributed by atoms with Crippen LogP contribution in [0.4, 0.5) is 5.69 Å². The molecule has 2 N–H and O–H groups in total. The van der Waals surface area contributed by atoms with Crippen LogP contribution < -0.4 is 10.1 Å². The van der Waals surface area contributed by atoms with Crippen LogP contribution in [0.1, 0.15) is 41.2 Å². The molecule has 0 saturated carbocycles. The minimum absolute atomic E-state index is 0.0464. The Bertz CT molecular complexity index is 1980. The van der Waals surface area contributed by atoms with Gasteiger partial charge >= 0.3 is 0 Å². The van der Waals surface area contributed by atoms with E-state index in [2.05, 4.69) is 15.3 Å². The molecule has 240 valence electrons. The smallest absolute Gasteiger partial charge is 0.252 e. The lowest BCUT2D eigenvalue weighted by atomic mass is 9.83. The average Bonchev–Trinajstić information content (AvgIpc) is 3.52. The maximum Gasteiger partial charge on any atom is 0.252 e. The molecular weight excluding hydrogens is 602 g/mol. The number of ether oxygens (including phenoxy) is 2. The molecule has 2 atom stereocenters. The number of nitrogens with one attached hydrogen (secondary N) is 1. The predicted octanol–water partition coefficient (Wildman–Crippen LogP) is 8.22. The molecule has 0 saturated heterocycles. The lowest BCUT2D eigenvalue weighted by molar-refractivity contribution is -0.129. The second-order valence-electron chi connectivity index (χ2n) is 11.4. The number of hydrogen-bond donors (Lipinski definition) is 2. The monoisotopic (exact) mass is 637 g/mol. The molecule has 1 amide bonds. The number of nitrogens with zero attached hydrogens (tertiary/aromatic N) is 4. The van der Waals surface area contributed by atoms with Gasteiger partial charge in [0.05, 0.1) is 6.61 Å². The number of carbonyl (C=O) groups is 1.